The molecular weight excluding hydrogens is 232 g/mol. The van der Waals surface area contributed by atoms with Gasteiger partial charge in [0, 0.05) is 31.7 Å². The molecule has 2 aliphatic rings. The van der Waals surface area contributed by atoms with Gasteiger partial charge in [-0.1, -0.05) is 49.6 Å². The van der Waals surface area contributed by atoms with Gasteiger partial charge in [0.25, 0.3) is 0 Å². The maximum absolute atomic E-state index is 3.89. The Balaban J connectivity index is 1.44. The van der Waals surface area contributed by atoms with Crippen molar-refractivity contribution in [3.63, 3.8) is 0 Å². The van der Waals surface area contributed by atoms with E-state index in [1.54, 1.807) is 0 Å². The second-order valence-corrected chi connectivity index (χ2v) is 6.21. The van der Waals surface area contributed by atoms with E-state index >= 15 is 0 Å². The van der Waals surface area contributed by atoms with Gasteiger partial charge in [-0.15, -0.1) is 0 Å². The van der Waals surface area contributed by atoms with Crippen molar-refractivity contribution >= 4 is 0 Å². The lowest BCUT2D eigenvalue weighted by molar-refractivity contribution is 0.299. The Morgan fingerprint density at radius 2 is 1.74 bits per heavy atom. The Bertz CT molecular complexity index is 370. The Labute approximate surface area is 117 Å². The summed E-state index contributed by atoms with van der Waals surface area (Å²) in [5, 5.41) is 3.89. The molecule has 1 aromatic rings. The Morgan fingerprint density at radius 1 is 0.947 bits per heavy atom. The fourth-order valence-corrected chi connectivity index (χ4v) is 3.56. The van der Waals surface area contributed by atoms with Gasteiger partial charge in [-0.25, -0.2) is 0 Å². The zero-order valence-corrected chi connectivity index (χ0v) is 11.9. The molecule has 0 amide bonds. The first-order chi connectivity index (χ1) is 9.40. The molecule has 19 heavy (non-hydrogen) atoms. The van der Waals surface area contributed by atoms with Crippen molar-refractivity contribution in [2.75, 3.05) is 13.1 Å². The largest absolute Gasteiger partial charge is 0.310 e. The van der Waals surface area contributed by atoms with Crippen LogP contribution in [0.3, 0.4) is 0 Å². The van der Waals surface area contributed by atoms with Gasteiger partial charge in [-0.05, 0) is 24.8 Å². The van der Waals surface area contributed by atoms with Crippen LogP contribution >= 0.6 is 0 Å². The second-order valence-electron chi connectivity index (χ2n) is 6.21. The summed E-state index contributed by atoms with van der Waals surface area (Å²) >= 11 is 0. The van der Waals surface area contributed by atoms with Crippen molar-refractivity contribution in [2.45, 2.75) is 57.2 Å². The molecule has 0 aromatic heterocycles. The molecule has 0 spiro atoms. The molecule has 1 heterocycles. The molecule has 2 heteroatoms. The summed E-state index contributed by atoms with van der Waals surface area (Å²) < 4.78 is 0. The van der Waals surface area contributed by atoms with E-state index in [2.05, 4.69) is 40.5 Å². The van der Waals surface area contributed by atoms with Crippen LogP contribution in [0.1, 0.15) is 44.1 Å². The highest BCUT2D eigenvalue weighted by Crippen LogP contribution is 2.20. The predicted octanol–water partition coefficient (Wildman–Crippen LogP) is 3.18. The third kappa shape index (κ3) is 3.80. The van der Waals surface area contributed by atoms with Crippen LogP contribution in [-0.4, -0.2) is 30.1 Å². The summed E-state index contributed by atoms with van der Waals surface area (Å²) in [6.45, 7) is 3.59. The van der Waals surface area contributed by atoms with Crippen LogP contribution in [0.25, 0.3) is 0 Å². The predicted molar refractivity (Wildman–Crippen MR) is 80.1 cm³/mol. The van der Waals surface area contributed by atoms with Gasteiger partial charge in [0.2, 0.25) is 0 Å². The fraction of sp³-hybridized carbons (Fsp3) is 0.647. The highest BCUT2D eigenvalue weighted by molar-refractivity contribution is 5.14. The number of benzene rings is 1. The molecule has 0 radical (unpaired) electrons. The van der Waals surface area contributed by atoms with Crippen LogP contribution in [0.4, 0.5) is 0 Å². The summed E-state index contributed by atoms with van der Waals surface area (Å²) in [4.78, 5) is 2.59. The number of nitrogens with one attached hydrogen (secondary N) is 1. The maximum Gasteiger partial charge on any atom is 0.0234 e. The molecule has 1 aromatic carbocycles. The highest BCUT2D eigenvalue weighted by atomic mass is 15.2. The summed E-state index contributed by atoms with van der Waals surface area (Å²) in [7, 11) is 0. The Morgan fingerprint density at radius 3 is 2.53 bits per heavy atom. The van der Waals surface area contributed by atoms with Crippen molar-refractivity contribution in [2.24, 2.45) is 0 Å². The minimum absolute atomic E-state index is 0.729. The first-order valence-corrected chi connectivity index (χ1v) is 7.92. The zero-order chi connectivity index (χ0) is 12.9. The third-order valence-corrected chi connectivity index (χ3v) is 4.60. The molecule has 104 valence electrons. The number of hydrogen-bond acceptors (Lipinski definition) is 2. The fourth-order valence-electron chi connectivity index (χ4n) is 3.56. The van der Waals surface area contributed by atoms with E-state index in [4.69, 9.17) is 0 Å². The standard InChI is InChI=1S/C17H26N2/c1-3-7-15(8-4-1)13-19-12-11-17(14-19)18-16-9-5-2-6-10-16/h1,3-4,7-8,16-18H,2,5-6,9-14H2/t17-/m0/s1. The average Bonchev–Trinajstić information content (AvgIpc) is 2.88. The lowest BCUT2D eigenvalue weighted by Gasteiger charge is -2.26. The van der Waals surface area contributed by atoms with Gasteiger partial charge in [-0.3, -0.25) is 4.90 Å². The molecule has 1 N–H and O–H groups in total. The van der Waals surface area contributed by atoms with Crippen LogP contribution in [0.5, 0.6) is 0 Å². The Hall–Kier alpha value is -0.860. The molecule has 1 saturated heterocycles. The molecule has 3 rings (SSSR count). The van der Waals surface area contributed by atoms with Crippen molar-refractivity contribution in [3.8, 4) is 0 Å². The molecule has 0 unspecified atom stereocenters. The summed E-state index contributed by atoms with van der Waals surface area (Å²) in [6, 6.07) is 12.4. The van der Waals surface area contributed by atoms with Gasteiger partial charge >= 0.3 is 0 Å². The van der Waals surface area contributed by atoms with E-state index in [0.29, 0.717) is 0 Å². The monoisotopic (exact) mass is 258 g/mol. The molecule has 2 nitrogen and oxygen atoms in total. The van der Waals surface area contributed by atoms with E-state index in [0.717, 1.165) is 18.6 Å². The van der Waals surface area contributed by atoms with Crippen LogP contribution in [0.2, 0.25) is 0 Å². The van der Waals surface area contributed by atoms with E-state index in [1.165, 1.54) is 57.2 Å². The van der Waals surface area contributed by atoms with Gasteiger partial charge in [0.15, 0.2) is 0 Å². The summed E-state index contributed by atoms with van der Waals surface area (Å²) in [5.41, 5.74) is 1.45. The molecule has 2 fully saturated rings. The van der Waals surface area contributed by atoms with Crippen molar-refractivity contribution in [1.82, 2.24) is 10.2 Å². The number of nitrogens with zero attached hydrogens (tertiary/aromatic N) is 1. The van der Waals surface area contributed by atoms with E-state index < -0.39 is 0 Å². The van der Waals surface area contributed by atoms with Gasteiger partial charge in [-0.2, -0.15) is 0 Å². The van der Waals surface area contributed by atoms with Gasteiger partial charge in [0.1, 0.15) is 0 Å². The van der Waals surface area contributed by atoms with E-state index in [1.807, 2.05) is 0 Å². The SMILES string of the molecule is c1ccc(CN2CC[C@H](NC3CCCCC3)C2)cc1. The van der Waals surface area contributed by atoms with Crippen molar-refractivity contribution in [1.29, 1.82) is 0 Å². The number of rotatable bonds is 4. The molecule has 1 atom stereocenters. The van der Waals surface area contributed by atoms with Crippen molar-refractivity contribution < 1.29 is 0 Å². The first-order valence-electron chi connectivity index (χ1n) is 7.92. The van der Waals surface area contributed by atoms with Crippen LogP contribution in [0, 0.1) is 0 Å². The van der Waals surface area contributed by atoms with Crippen molar-refractivity contribution in [3.05, 3.63) is 35.9 Å². The van der Waals surface area contributed by atoms with Gasteiger partial charge in [0.05, 0.1) is 0 Å². The minimum atomic E-state index is 0.729. The molecule has 0 bridgehead atoms. The quantitative estimate of drug-likeness (QED) is 0.892. The topological polar surface area (TPSA) is 15.3 Å². The van der Waals surface area contributed by atoms with Crippen LogP contribution in [0.15, 0.2) is 30.3 Å². The van der Waals surface area contributed by atoms with E-state index in [-0.39, 0.29) is 0 Å². The number of likely N-dealkylation sites (tertiary alicyclic amines) is 1. The molecule has 1 aliphatic heterocycles. The molecule has 1 aliphatic carbocycles. The summed E-state index contributed by atoms with van der Waals surface area (Å²) in [6.07, 6.45) is 8.42. The second kappa shape index (κ2) is 6.53. The number of hydrogen-bond donors (Lipinski definition) is 1. The molecule has 1 saturated carbocycles. The lowest BCUT2D eigenvalue weighted by atomic mass is 9.95. The third-order valence-electron chi connectivity index (χ3n) is 4.60. The smallest absolute Gasteiger partial charge is 0.0234 e. The van der Waals surface area contributed by atoms with Crippen LogP contribution < -0.4 is 5.32 Å². The first kappa shape index (κ1) is 13.1. The van der Waals surface area contributed by atoms with Crippen LogP contribution in [-0.2, 0) is 6.54 Å². The van der Waals surface area contributed by atoms with Gasteiger partial charge < -0.3 is 5.32 Å². The minimum Gasteiger partial charge on any atom is -0.310 e. The Kier molecular flexibility index (Phi) is 4.52. The maximum atomic E-state index is 3.89. The highest BCUT2D eigenvalue weighted by Gasteiger charge is 2.25. The summed E-state index contributed by atoms with van der Waals surface area (Å²) in [5.74, 6) is 0. The lowest BCUT2D eigenvalue weighted by Crippen LogP contribution is -2.40. The average molecular weight is 258 g/mol. The van der Waals surface area contributed by atoms with E-state index in [9.17, 15) is 0 Å². The molecular formula is C17H26N2. The normalized spacial score (nSPS) is 25.8. The zero-order valence-electron chi connectivity index (χ0n) is 11.9.